The number of thioether (sulfide) groups is 1. The van der Waals surface area contributed by atoms with Crippen LogP contribution in [0, 0.1) is 0 Å². The molecule has 1 aromatic carbocycles. The summed E-state index contributed by atoms with van der Waals surface area (Å²) < 4.78 is 45.1. The number of carboxylic acids is 1. The lowest BCUT2D eigenvalue weighted by Crippen LogP contribution is -2.42. The maximum atomic E-state index is 13.1. The quantitative estimate of drug-likeness (QED) is 0.901. The molecule has 120 valence electrons. The highest BCUT2D eigenvalue weighted by molar-refractivity contribution is 8.01. The van der Waals surface area contributed by atoms with Crippen LogP contribution in [0.25, 0.3) is 0 Å². The first-order chi connectivity index (χ1) is 10.2. The van der Waals surface area contributed by atoms with Crippen molar-refractivity contribution in [2.45, 2.75) is 48.5 Å². The first kappa shape index (κ1) is 15.5. The first-order valence-electron chi connectivity index (χ1n) is 6.98. The van der Waals surface area contributed by atoms with Crippen LogP contribution >= 0.6 is 11.8 Å². The third kappa shape index (κ3) is 2.66. The lowest BCUT2D eigenvalue weighted by Gasteiger charge is -2.34. The third-order valence-electron chi connectivity index (χ3n) is 4.30. The minimum atomic E-state index is -4.58. The van der Waals surface area contributed by atoms with E-state index < -0.39 is 23.3 Å². The van der Waals surface area contributed by atoms with Gasteiger partial charge in [0.1, 0.15) is 11.4 Å². The summed E-state index contributed by atoms with van der Waals surface area (Å²) in [4.78, 5) is 11.0. The normalized spacial score (nSPS) is 30.5. The molecule has 3 rings (SSSR count). The molecule has 2 aliphatic rings. The molecule has 0 amide bonds. The molecular formula is C15H15F3O3S. The predicted molar refractivity (Wildman–Crippen MR) is 76.5 cm³/mol. The van der Waals surface area contributed by atoms with Crippen molar-refractivity contribution in [3.63, 3.8) is 0 Å². The smallest absolute Gasteiger partial charge is 0.419 e. The molecule has 0 aromatic heterocycles. The Morgan fingerprint density at radius 1 is 1.41 bits per heavy atom. The van der Waals surface area contributed by atoms with Gasteiger partial charge in [-0.15, -0.1) is 0 Å². The zero-order valence-electron chi connectivity index (χ0n) is 11.8. The molecule has 0 spiro atoms. The number of carbonyl (C=O) groups is 1. The second kappa shape index (κ2) is 5.08. The number of rotatable bonds is 3. The summed E-state index contributed by atoms with van der Waals surface area (Å²) in [5.41, 5.74) is -1.81. The summed E-state index contributed by atoms with van der Waals surface area (Å²) in [6.07, 6.45) is -1.90. The van der Waals surface area contributed by atoms with E-state index in [4.69, 9.17) is 9.84 Å². The summed E-state index contributed by atoms with van der Waals surface area (Å²) >= 11 is 1.76. The SMILES string of the molecule is CC1(Oc2cc(C(=O)O)ccc2C(F)(F)F)CC2CCC1S2. The van der Waals surface area contributed by atoms with E-state index in [2.05, 4.69) is 0 Å². The molecule has 1 N–H and O–H groups in total. The van der Waals surface area contributed by atoms with Gasteiger partial charge in [0, 0.05) is 10.5 Å². The average Bonchev–Trinajstić information content (AvgIpc) is 2.96. The standard InChI is InChI=1S/C15H15F3O3S/c1-14(7-9-3-5-12(14)22-9)21-11-6-8(13(19)20)2-4-10(11)15(16,17)18/h2,4,6,9,12H,3,5,7H2,1H3,(H,19,20). The Morgan fingerprint density at radius 3 is 2.64 bits per heavy atom. The average molecular weight is 332 g/mol. The molecule has 2 saturated heterocycles. The van der Waals surface area contributed by atoms with Crippen molar-refractivity contribution in [2.75, 3.05) is 0 Å². The number of hydrogen-bond donors (Lipinski definition) is 1. The highest BCUT2D eigenvalue weighted by Crippen LogP contribution is 2.53. The summed E-state index contributed by atoms with van der Waals surface area (Å²) in [7, 11) is 0. The van der Waals surface area contributed by atoms with Crippen molar-refractivity contribution in [3.8, 4) is 5.75 Å². The Balaban J connectivity index is 1.97. The molecule has 7 heteroatoms. The number of ether oxygens (including phenoxy) is 1. The molecule has 22 heavy (non-hydrogen) atoms. The lowest BCUT2D eigenvalue weighted by molar-refractivity contribution is -0.140. The zero-order valence-corrected chi connectivity index (χ0v) is 12.6. The topological polar surface area (TPSA) is 46.5 Å². The van der Waals surface area contributed by atoms with Crippen LogP contribution in [0.4, 0.5) is 13.2 Å². The van der Waals surface area contributed by atoms with Crippen molar-refractivity contribution < 1.29 is 27.8 Å². The molecule has 2 fully saturated rings. The Kier molecular flexibility index (Phi) is 3.58. The van der Waals surface area contributed by atoms with Gasteiger partial charge in [-0.25, -0.2) is 4.79 Å². The highest BCUT2D eigenvalue weighted by atomic mass is 32.2. The van der Waals surface area contributed by atoms with E-state index in [1.807, 2.05) is 6.92 Å². The number of halogens is 3. The Hall–Kier alpha value is -1.37. The second-order valence-corrected chi connectivity index (χ2v) is 7.46. The molecule has 3 unspecified atom stereocenters. The van der Waals surface area contributed by atoms with E-state index in [0.717, 1.165) is 31.0 Å². The van der Waals surface area contributed by atoms with Crippen LogP contribution in [0.1, 0.15) is 42.1 Å². The molecule has 3 nitrogen and oxygen atoms in total. The van der Waals surface area contributed by atoms with E-state index >= 15 is 0 Å². The minimum absolute atomic E-state index is 0.159. The van der Waals surface area contributed by atoms with Gasteiger partial charge in [-0.1, -0.05) is 0 Å². The van der Waals surface area contributed by atoms with Gasteiger partial charge in [0.2, 0.25) is 0 Å². The van der Waals surface area contributed by atoms with Crippen molar-refractivity contribution in [1.82, 2.24) is 0 Å². The summed E-state index contributed by atoms with van der Waals surface area (Å²) in [5.74, 6) is -1.66. The van der Waals surface area contributed by atoms with Crippen LogP contribution < -0.4 is 4.74 Å². The van der Waals surface area contributed by atoms with Crippen molar-refractivity contribution in [3.05, 3.63) is 29.3 Å². The lowest BCUT2D eigenvalue weighted by atomic mass is 9.86. The van der Waals surface area contributed by atoms with Gasteiger partial charge in [-0.2, -0.15) is 24.9 Å². The fraction of sp³-hybridized carbons (Fsp3) is 0.533. The predicted octanol–water partition coefficient (Wildman–Crippen LogP) is 4.21. The summed E-state index contributed by atoms with van der Waals surface area (Å²) in [6.45, 7) is 1.82. The maximum Gasteiger partial charge on any atom is 0.419 e. The van der Waals surface area contributed by atoms with Crippen molar-refractivity contribution in [1.29, 1.82) is 0 Å². The van der Waals surface area contributed by atoms with Gasteiger partial charge in [0.15, 0.2) is 0 Å². The maximum absolute atomic E-state index is 13.1. The van der Waals surface area contributed by atoms with Gasteiger partial charge in [-0.05, 0) is 44.4 Å². The molecular weight excluding hydrogens is 317 g/mol. The molecule has 1 aromatic rings. The van der Waals surface area contributed by atoms with Gasteiger partial charge in [0.05, 0.1) is 11.1 Å². The minimum Gasteiger partial charge on any atom is -0.486 e. The Bertz CT molecular complexity index is 617. The van der Waals surface area contributed by atoms with Crippen LogP contribution in [0.5, 0.6) is 5.75 Å². The zero-order chi connectivity index (χ0) is 16.1. The monoisotopic (exact) mass is 332 g/mol. The molecule has 2 bridgehead atoms. The fourth-order valence-electron chi connectivity index (χ4n) is 3.22. The van der Waals surface area contributed by atoms with Crippen LogP contribution in [0.2, 0.25) is 0 Å². The van der Waals surface area contributed by atoms with Gasteiger partial charge in [0.25, 0.3) is 0 Å². The molecule has 2 heterocycles. The summed E-state index contributed by atoms with van der Waals surface area (Å²) in [6, 6.07) is 2.71. The van der Waals surface area contributed by atoms with Gasteiger partial charge in [-0.3, -0.25) is 0 Å². The van der Waals surface area contributed by atoms with Gasteiger partial charge >= 0.3 is 12.1 Å². The molecule has 0 aliphatic carbocycles. The van der Waals surface area contributed by atoms with Crippen LogP contribution in [-0.4, -0.2) is 27.2 Å². The number of alkyl halides is 3. The number of aromatic carboxylic acids is 1. The van der Waals surface area contributed by atoms with E-state index in [0.29, 0.717) is 11.7 Å². The fourth-order valence-corrected chi connectivity index (χ4v) is 5.09. The van der Waals surface area contributed by atoms with Crippen molar-refractivity contribution in [2.24, 2.45) is 0 Å². The van der Waals surface area contributed by atoms with E-state index in [-0.39, 0.29) is 16.6 Å². The third-order valence-corrected chi connectivity index (χ3v) is 6.15. The van der Waals surface area contributed by atoms with Crippen LogP contribution in [0.3, 0.4) is 0 Å². The number of benzene rings is 1. The molecule has 0 saturated carbocycles. The second-order valence-electron chi connectivity index (χ2n) is 5.96. The first-order valence-corrected chi connectivity index (χ1v) is 7.92. The molecule has 0 radical (unpaired) electrons. The largest absolute Gasteiger partial charge is 0.486 e. The Morgan fingerprint density at radius 2 is 2.14 bits per heavy atom. The summed E-state index contributed by atoms with van der Waals surface area (Å²) in [5, 5.41) is 9.57. The number of hydrogen-bond acceptors (Lipinski definition) is 3. The van der Waals surface area contributed by atoms with Gasteiger partial charge < -0.3 is 9.84 Å². The van der Waals surface area contributed by atoms with Crippen molar-refractivity contribution >= 4 is 17.7 Å². The number of fused-ring (bicyclic) bond motifs is 2. The van der Waals surface area contributed by atoms with E-state index in [1.165, 1.54) is 0 Å². The highest BCUT2D eigenvalue weighted by Gasteiger charge is 2.51. The van der Waals surface area contributed by atoms with Crippen LogP contribution in [-0.2, 0) is 6.18 Å². The Labute approximate surface area is 129 Å². The van der Waals surface area contributed by atoms with Crippen LogP contribution in [0.15, 0.2) is 18.2 Å². The van der Waals surface area contributed by atoms with E-state index in [1.54, 1.807) is 11.8 Å². The molecule has 2 aliphatic heterocycles. The molecule has 3 atom stereocenters. The van der Waals surface area contributed by atoms with E-state index in [9.17, 15) is 18.0 Å². The number of carboxylic acid groups (broad SMARTS) is 1.